The topological polar surface area (TPSA) is 59.8 Å². The second-order valence-corrected chi connectivity index (χ2v) is 7.36. The predicted molar refractivity (Wildman–Crippen MR) is 103 cm³/mol. The molecule has 4 rings (SSSR count). The molecule has 1 aromatic heterocycles. The van der Waals surface area contributed by atoms with E-state index in [0.29, 0.717) is 30.0 Å². The molecule has 1 saturated heterocycles. The van der Waals surface area contributed by atoms with Gasteiger partial charge in [0.1, 0.15) is 17.1 Å². The van der Waals surface area contributed by atoms with Crippen LogP contribution in [0.5, 0.6) is 5.75 Å². The van der Waals surface area contributed by atoms with Crippen LogP contribution in [0.2, 0.25) is 0 Å². The van der Waals surface area contributed by atoms with Crippen LogP contribution in [-0.2, 0) is 0 Å². The van der Waals surface area contributed by atoms with Crippen LogP contribution >= 0.6 is 0 Å². The summed E-state index contributed by atoms with van der Waals surface area (Å²) in [6.07, 6.45) is 6.72. The van der Waals surface area contributed by atoms with E-state index in [4.69, 9.17) is 9.15 Å². The number of fused-ring (bicyclic) bond motifs is 1. The second-order valence-electron chi connectivity index (χ2n) is 7.36. The third kappa shape index (κ3) is 3.29. The molecule has 0 radical (unpaired) electrons. The molecule has 0 saturated carbocycles. The van der Waals surface area contributed by atoms with Crippen molar-refractivity contribution in [1.82, 2.24) is 4.90 Å². The molecule has 27 heavy (non-hydrogen) atoms. The maximum Gasteiger partial charge on any atom is 0.336 e. The van der Waals surface area contributed by atoms with E-state index in [1.165, 1.54) is 6.07 Å². The van der Waals surface area contributed by atoms with Crippen molar-refractivity contribution in [2.24, 2.45) is 0 Å². The lowest BCUT2D eigenvalue weighted by molar-refractivity contribution is 0.0726. The molecule has 2 aromatic rings. The van der Waals surface area contributed by atoms with Crippen LogP contribution in [0.1, 0.15) is 46.5 Å². The van der Waals surface area contributed by atoms with Gasteiger partial charge in [-0.05, 0) is 44.4 Å². The molecule has 2 aliphatic heterocycles. The number of hydrogen-bond acceptors (Lipinski definition) is 4. The van der Waals surface area contributed by atoms with Gasteiger partial charge in [-0.3, -0.25) is 4.79 Å². The zero-order valence-corrected chi connectivity index (χ0v) is 15.7. The number of aryl methyl sites for hydroxylation is 2. The van der Waals surface area contributed by atoms with Crippen LogP contribution in [-0.4, -0.2) is 29.5 Å². The fourth-order valence-electron chi connectivity index (χ4n) is 4.04. The highest BCUT2D eigenvalue weighted by atomic mass is 16.5. The van der Waals surface area contributed by atoms with E-state index in [1.807, 2.05) is 29.2 Å². The molecule has 1 fully saturated rings. The van der Waals surface area contributed by atoms with Crippen molar-refractivity contribution in [2.45, 2.75) is 38.7 Å². The number of carbonyl (C=O) groups excluding carboxylic acids is 1. The summed E-state index contributed by atoms with van der Waals surface area (Å²) in [6, 6.07) is 9.39. The van der Waals surface area contributed by atoms with Crippen molar-refractivity contribution in [3.05, 3.63) is 69.3 Å². The fraction of sp³-hybridized carbons (Fsp3) is 0.364. The first-order valence-corrected chi connectivity index (χ1v) is 9.35. The predicted octanol–water partition coefficient (Wildman–Crippen LogP) is 3.73. The molecule has 1 aromatic carbocycles. The third-order valence-corrected chi connectivity index (χ3v) is 5.47. The van der Waals surface area contributed by atoms with Crippen molar-refractivity contribution >= 4 is 12.0 Å². The van der Waals surface area contributed by atoms with Crippen molar-refractivity contribution in [3.63, 3.8) is 0 Å². The van der Waals surface area contributed by atoms with Gasteiger partial charge in [0.25, 0.3) is 5.91 Å². The van der Waals surface area contributed by atoms with Gasteiger partial charge < -0.3 is 14.1 Å². The van der Waals surface area contributed by atoms with Crippen molar-refractivity contribution in [1.29, 1.82) is 0 Å². The minimum absolute atomic E-state index is 0.0778. The first-order valence-electron chi connectivity index (χ1n) is 9.35. The molecule has 0 bridgehead atoms. The molecular weight excluding hydrogens is 342 g/mol. The second kappa shape index (κ2) is 6.72. The number of rotatable bonds is 1. The van der Waals surface area contributed by atoms with Gasteiger partial charge in [-0.1, -0.05) is 24.3 Å². The summed E-state index contributed by atoms with van der Waals surface area (Å²) in [4.78, 5) is 26.4. The van der Waals surface area contributed by atoms with E-state index in [-0.39, 0.29) is 11.5 Å². The molecule has 140 valence electrons. The molecule has 2 aliphatic rings. The minimum Gasteiger partial charge on any atom is -0.483 e. The lowest BCUT2D eigenvalue weighted by atomic mass is 9.91. The van der Waals surface area contributed by atoms with E-state index in [0.717, 1.165) is 30.6 Å². The molecule has 5 nitrogen and oxygen atoms in total. The van der Waals surface area contributed by atoms with E-state index in [1.54, 1.807) is 13.8 Å². The van der Waals surface area contributed by atoms with E-state index in [9.17, 15) is 9.59 Å². The summed E-state index contributed by atoms with van der Waals surface area (Å²) in [5.41, 5.74) is 1.46. The number of hydrogen-bond donors (Lipinski definition) is 0. The van der Waals surface area contributed by atoms with Gasteiger partial charge in [-0.25, -0.2) is 4.79 Å². The number of para-hydroxylation sites is 1. The summed E-state index contributed by atoms with van der Waals surface area (Å²) in [7, 11) is 0. The third-order valence-electron chi connectivity index (χ3n) is 5.47. The molecule has 0 unspecified atom stereocenters. The SMILES string of the molecule is Cc1cc(=O)oc(C)c1C(=O)N1CCC[C@]2(C=Cc3ccccc3O2)CC1. The van der Waals surface area contributed by atoms with Gasteiger partial charge >= 0.3 is 5.63 Å². The molecule has 1 spiro atoms. The molecular formula is C22H23NO4. The summed E-state index contributed by atoms with van der Waals surface area (Å²) in [6.45, 7) is 4.71. The van der Waals surface area contributed by atoms with Gasteiger partial charge in [0, 0.05) is 31.1 Å². The fourth-order valence-corrected chi connectivity index (χ4v) is 4.04. The Bertz CT molecular complexity index is 948. The summed E-state index contributed by atoms with van der Waals surface area (Å²) >= 11 is 0. The summed E-state index contributed by atoms with van der Waals surface area (Å²) in [5, 5.41) is 0. The number of carbonyl (C=O) groups is 1. The van der Waals surface area contributed by atoms with Gasteiger partial charge in [0.05, 0.1) is 5.56 Å². The standard InChI is InChI=1S/C22H23NO4/c1-15-14-19(24)26-16(2)20(15)21(25)23-12-5-9-22(11-13-23)10-8-17-6-3-4-7-18(17)27-22/h3-4,6-8,10,14H,5,9,11-13H2,1-2H3/t22-/m0/s1. The van der Waals surface area contributed by atoms with Crippen molar-refractivity contribution in [3.8, 4) is 5.75 Å². The molecule has 1 atom stereocenters. The Hall–Kier alpha value is -2.82. The Balaban J connectivity index is 1.55. The molecule has 0 N–H and O–H groups in total. The Morgan fingerprint density at radius 1 is 1.15 bits per heavy atom. The smallest absolute Gasteiger partial charge is 0.336 e. The maximum atomic E-state index is 13.1. The largest absolute Gasteiger partial charge is 0.483 e. The molecule has 5 heteroatoms. The van der Waals surface area contributed by atoms with E-state index in [2.05, 4.69) is 12.2 Å². The number of ether oxygens (including phenoxy) is 1. The highest BCUT2D eigenvalue weighted by Crippen LogP contribution is 2.37. The Labute approximate surface area is 158 Å². The maximum absolute atomic E-state index is 13.1. The van der Waals surface area contributed by atoms with Crippen LogP contribution < -0.4 is 10.4 Å². The van der Waals surface area contributed by atoms with Crippen molar-refractivity contribution < 1.29 is 13.9 Å². The van der Waals surface area contributed by atoms with E-state index < -0.39 is 5.63 Å². The van der Waals surface area contributed by atoms with Gasteiger partial charge in [0.15, 0.2) is 0 Å². The van der Waals surface area contributed by atoms with Crippen LogP contribution in [0.15, 0.2) is 45.6 Å². The Morgan fingerprint density at radius 3 is 2.78 bits per heavy atom. The zero-order chi connectivity index (χ0) is 19.0. The number of nitrogens with zero attached hydrogens (tertiary/aromatic N) is 1. The van der Waals surface area contributed by atoms with Crippen LogP contribution in [0.25, 0.3) is 6.08 Å². The first kappa shape index (κ1) is 17.6. The monoisotopic (exact) mass is 365 g/mol. The number of benzene rings is 1. The lowest BCUT2D eigenvalue weighted by Gasteiger charge is -2.34. The highest BCUT2D eigenvalue weighted by molar-refractivity contribution is 5.96. The van der Waals surface area contributed by atoms with Crippen LogP contribution in [0.3, 0.4) is 0 Å². The summed E-state index contributed by atoms with van der Waals surface area (Å²) < 4.78 is 11.5. The molecule has 0 aliphatic carbocycles. The number of likely N-dealkylation sites (tertiary alicyclic amines) is 1. The van der Waals surface area contributed by atoms with Crippen molar-refractivity contribution in [2.75, 3.05) is 13.1 Å². The van der Waals surface area contributed by atoms with E-state index >= 15 is 0 Å². The normalized spacial score (nSPS) is 21.5. The van der Waals surface area contributed by atoms with Crippen LogP contribution in [0.4, 0.5) is 0 Å². The quantitative estimate of drug-likeness (QED) is 0.773. The molecule has 1 amide bonds. The highest BCUT2D eigenvalue weighted by Gasteiger charge is 2.36. The average molecular weight is 365 g/mol. The zero-order valence-electron chi connectivity index (χ0n) is 15.7. The summed E-state index contributed by atoms with van der Waals surface area (Å²) in [5.74, 6) is 1.20. The Morgan fingerprint density at radius 2 is 1.96 bits per heavy atom. The lowest BCUT2D eigenvalue weighted by Crippen LogP contribution is -2.38. The average Bonchev–Trinajstić information content (AvgIpc) is 2.83. The number of amides is 1. The van der Waals surface area contributed by atoms with Gasteiger partial charge in [0.2, 0.25) is 0 Å². The van der Waals surface area contributed by atoms with Crippen LogP contribution in [0, 0.1) is 13.8 Å². The van der Waals surface area contributed by atoms with Gasteiger partial charge in [-0.15, -0.1) is 0 Å². The minimum atomic E-state index is -0.421. The first-order chi connectivity index (χ1) is 13.0. The molecule has 3 heterocycles. The Kier molecular flexibility index (Phi) is 4.38. The van der Waals surface area contributed by atoms with Gasteiger partial charge in [-0.2, -0.15) is 0 Å².